The molecule has 26 heavy (non-hydrogen) atoms. The molecule has 1 aliphatic carbocycles. The van der Waals surface area contributed by atoms with Gasteiger partial charge in [0, 0.05) is 11.3 Å². The van der Waals surface area contributed by atoms with Crippen LogP contribution >= 0.6 is 11.3 Å². The van der Waals surface area contributed by atoms with Crippen LogP contribution in [0.3, 0.4) is 0 Å². The largest absolute Gasteiger partial charge is 0.462 e. The molecule has 2 heterocycles. The molecule has 144 valence electrons. The van der Waals surface area contributed by atoms with E-state index in [1.165, 1.54) is 11.3 Å². The fraction of sp³-hybridized carbons (Fsp3) is 0.647. The molecule has 7 nitrogen and oxygen atoms in total. The van der Waals surface area contributed by atoms with E-state index in [1.54, 1.807) is 6.92 Å². The Hall–Kier alpha value is -1.45. The topological polar surface area (TPSA) is 94.0 Å². The molecule has 1 aromatic heterocycles. The normalized spacial score (nSPS) is 22.0. The number of fused-ring (bicyclic) bond motifs is 1. The molecule has 0 saturated carbocycles. The van der Waals surface area contributed by atoms with Gasteiger partial charge < -0.3 is 15.0 Å². The molecule has 0 bridgehead atoms. The van der Waals surface area contributed by atoms with Crippen molar-refractivity contribution in [3.63, 3.8) is 0 Å². The van der Waals surface area contributed by atoms with Crippen LogP contribution in [0.1, 0.15) is 40.6 Å². The van der Waals surface area contributed by atoms with Gasteiger partial charge in [0.2, 0.25) is 0 Å². The zero-order valence-electron chi connectivity index (χ0n) is 15.1. The minimum absolute atomic E-state index is 0.0522. The van der Waals surface area contributed by atoms with Crippen molar-refractivity contribution in [2.75, 3.05) is 37.0 Å². The molecule has 1 fully saturated rings. The number of amides is 1. The summed E-state index contributed by atoms with van der Waals surface area (Å²) in [6.45, 7) is 2.22. The summed E-state index contributed by atoms with van der Waals surface area (Å²) in [6.07, 6.45) is 3.36. The smallest absolute Gasteiger partial charge is 0.341 e. The Balaban J connectivity index is 1.69. The number of sulfone groups is 1. The monoisotopic (exact) mass is 401 g/mol. The Bertz CT molecular complexity index is 815. The highest BCUT2D eigenvalue weighted by atomic mass is 32.2. The highest BCUT2D eigenvalue weighted by Gasteiger charge is 2.35. The van der Waals surface area contributed by atoms with E-state index in [4.69, 9.17) is 4.74 Å². The van der Waals surface area contributed by atoms with Gasteiger partial charge in [0.05, 0.1) is 25.0 Å². The summed E-state index contributed by atoms with van der Waals surface area (Å²) in [5, 5.41) is 3.42. The van der Waals surface area contributed by atoms with Crippen LogP contribution in [0.5, 0.6) is 0 Å². The molecular formula is C17H25N2O5S2+. The maximum Gasteiger partial charge on any atom is 0.341 e. The second-order valence-corrected chi connectivity index (χ2v) is 10.3. The molecule has 0 radical (unpaired) electrons. The first-order valence-corrected chi connectivity index (χ1v) is 11.6. The van der Waals surface area contributed by atoms with Crippen LogP contribution in [-0.4, -0.2) is 58.0 Å². The fourth-order valence-corrected chi connectivity index (χ4v) is 6.83. The van der Waals surface area contributed by atoms with E-state index in [9.17, 15) is 18.0 Å². The molecule has 0 aromatic carbocycles. The van der Waals surface area contributed by atoms with E-state index in [0.717, 1.165) is 34.6 Å². The highest BCUT2D eigenvalue weighted by Crippen LogP contribution is 2.39. The third-order valence-corrected chi connectivity index (χ3v) is 8.00. The van der Waals surface area contributed by atoms with Gasteiger partial charge in [0.25, 0.3) is 5.91 Å². The van der Waals surface area contributed by atoms with E-state index < -0.39 is 9.84 Å². The van der Waals surface area contributed by atoms with Gasteiger partial charge in [-0.2, -0.15) is 0 Å². The molecule has 2 N–H and O–H groups in total. The molecule has 0 spiro atoms. The van der Waals surface area contributed by atoms with Crippen molar-refractivity contribution in [2.24, 2.45) is 0 Å². The van der Waals surface area contributed by atoms with Gasteiger partial charge in [-0.1, -0.05) is 0 Å². The summed E-state index contributed by atoms with van der Waals surface area (Å²) in [4.78, 5) is 26.8. The van der Waals surface area contributed by atoms with E-state index in [1.807, 2.05) is 7.05 Å². The number of anilines is 1. The van der Waals surface area contributed by atoms with Crippen LogP contribution in [0.4, 0.5) is 5.00 Å². The number of hydrogen-bond acceptors (Lipinski definition) is 6. The first-order chi connectivity index (χ1) is 12.3. The molecule has 2 aliphatic rings. The van der Waals surface area contributed by atoms with E-state index in [-0.39, 0.29) is 36.0 Å². The van der Waals surface area contributed by atoms with Crippen LogP contribution in [0.2, 0.25) is 0 Å². The molecular weight excluding hydrogens is 376 g/mol. The number of esters is 1. The predicted molar refractivity (Wildman–Crippen MR) is 99.7 cm³/mol. The number of ether oxygens (including phenoxy) is 1. The average Bonchev–Trinajstić information content (AvgIpc) is 3.21. The maximum atomic E-state index is 12.5. The number of carbonyl (C=O) groups excluding carboxylic acids is 2. The summed E-state index contributed by atoms with van der Waals surface area (Å²) in [7, 11) is -1.13. The Morgan fingerprint density at radius 2 is 2.12 bits per heavy atom. The van der Waals surface area contributed by atoms with Crippen molar-refractivity contribution < 1.29 is 27.6 Å². The first kappa shape index (κ1) is 19.3. The van der Waals surface area contributed by atoms with E-state index in [2.05, 4.69) is 5.32 Å². The van der Waals surface area contributed by atoms with Crippen LogP contribution in [-0.2, 0) is 32.2 Å². The molecule has 3 rings (SSSR count). The van der Waals surface area contributed by atoms with Gasteiger partial charge in [0.1, 0.15) is 16.8 Å². The third kappa shape index (κ3) is 4.10. The molecule has 1 saturated heterocycles. The zero-order chi connectivity index (χ0) is 18.9. The van der Waals surface area contributed by atoms with Gasteiger partial charge in [-0.15, -0.1) is 11.3 Å². The Morgan fingerprint density at radius 3 is 2.77 bits per heavy atom. The summed E-state index contributed by atoms with van der Waals surface area (Å²) in [5.41, 5.74) is 1.50. The molecule has 1 aromatic rings. The number of hydrogen-bond donors (Lipinski definition) is 2. The SMILES string of the molecule is CCOC(=O)c1c(NC(=O)C[NH+](C)[C@@H]2CCS(=O)(=O)C2)sc2c1CCC2. The fourth-order valence-electron chi connectivity index (χ4n) is 3.66. The Morgan fingerprint density at radius 1 is 1.35 bits per heavy atom. The van der Waals surface area contributed by atoms with Gasteiger partial charge in [0.15, 0.2) is 16.4 Å². The van der Waals surface area contributed by atoms with Crippen molar-refractivity contribution in [3.8, 4) is 0 Å². The summed E-state index contributed by atoms with van der Waals surface area (Å²) in [6, 6.07) is -0.0522. The van der Waals surface area contributed by atoms with Crippen molar-refractivity contribution in [3.05, 3.63) is 16.0 Å². The van der Waals surface area contributed by atoms with Gasteiger partial charge >= 0.3 is 5.97 Å². The quantitative estimate of drug-likeness (QED) is 0.657. The van der Waals surface area contributed by atoms with Crippen LogP contribution in [0.25, 0.3) is 0 Å². The number of carbonyl (C=O) groups is 2. The Kier molecular flexibility index (Phi) is 5.69. The van der Waals surface area contributed by atoms with Gasteiger partial charge in [-0.05, 0) is 31.7 Å². The van der Waals surface area contributed by atoms with Crippen molar-refractivity contribution >= 4 is 38.1 Å². The van der Waals surface area contributed by atoms with E-state index in [0.29, 0.717) is 23.6 Å². The second kappa shape index (κ2) is 7.66. The standard InChI is InChI=1S/C17H24N2O5S2/c1-3-24-17(21)15-12-5-4-6-13(12)25-16(15)18-14(20)9-19(2)11-7-8-26(22,23)10-11/h11H,3-10H2,1-2H3,(H,18,20)/p+1/t11-/m1/s1. The zero-order valence-corrected chi connectivity index (χ0v) is 16.7. The minimum atomic E-state index is -2.97. The summed E-state index contributed by atoms with van der Waals surface area (Å²) < 4.78 is 28.4. The summed E-state index contributed by atoms with van der Waals surface area (Å²) >= 11 is 1.45. The van der Waals surface area contributed by atoms with Crippen LogP contribution in [0.15, 0.2) is 0 Å². The second-order valence-electron chi connectivity index (χ2n) is 6.95. The molecule has 2 atom stereocenters. The van der Waals surface area contributed by atoms with Gasteiger partial charge in [-0.25, -0.2) is 13.2 Å². The lowest BCUT2D eigenvalue weighted by Gasteiger charge is -2.19. The number of quaternary nitrogens is 1. The predicted octanol–water partition coefficient (Wildman–Crippen LogP) is 0.0538. The van der Waals surface area contributed by atoms with Crippen LogP contribution < -0.4 is 10.2 Å². The highest BCUT2D eigenvalue weighted by molar-refractivity contribution is 7.91. The maximum absolute atomic E-state index is 12.5. The lowest BCUT2D eigenvalue weighted by atomic mass is 10.1. The first-order valence-electron chi connectivity index (χ1n) is 8.95. The van der Waals surface area contributed by atoms with Crippen molar-refractivity contribution in [1.29, 1.82) is 0 Å². The molecule has 1 aliphatic heterocycles. The van der Waals surface area contributed by atoms with Crippen molar-refractivity contribution in [2.45, 2.75) is 38.6 Å². The summed E-state index contributed by atoms with van der Waals surface area (Å²) in [5.74, 6) is -0.267. The number of likely N-dealkylation sites (N-methyl/N-ethyl adjacent to an activating group) is 1. The number of thiophene rings is 1. The van der Waals surface area contributed by atoms with Gasteiger partial charge in [-0.3, -0.25) is 4.79 Å². The number of rotatable bonds is 6. The molecule has 1 unspecified atom stereocenters. The third-order valence-electron chi connectivity index (χ3n) is 5.02. The van der Waals surface area contributed by atoms with Crippen molar-refractivity contribution in [1.82, 2.24) is 0 Å². The lowest BCUT2D eigenvalue weighted by molar-refractivity contribution is -0.894. The van der Waals surface area contributed by atoms with Crippen LogP contribution in [0, 0.1) is 0 Å². The van der Waals surface area contributed by atoms with E-state index >= 15 is 0 Å². The lowest BCUT2D eigenvalue weighted by Crippen LogP contribution is -3.14. The Labute approximate surface area is 157 Å². The molecule has 9 heteroatoms. The average molecular weight is 402 g/mol. The molecule has 1 amide bonds. The minimum Gasteiger partial charge on any atom is -0.462 e. The number of aryl methyl sites for hydroxylation is 1. The number of nitrogens with one attached hydrogen (secondary N) is 2.